The third-order valence-electron chi connectivity index (χ3n) is 2.74. The smallest absolute Gasteiger partial charge is 0.226 e. The van der Waals surface area contributed by atoms with Gasteiger partial charge in [-0.3, -0.25) is 5.10 Å². The number of benzene rings is 1. The summed E-state index contributed by atoms with van der Waals surface area (Å²) in [5, 5.41) is 10.4. The van der Waals surface area contributed by atoms with Gasteiger partial charge in [-0.1, -0.05) is 15.9 Å². The van der Waals surface area contributed by atoms with Gasteiger partial charge in [0.15, 0.2) is 5.65 Å². The van der Waals surface area contributed by atoms with Gasteiger partial charge in [0.05, 0.1) is 11.6 Å². The van der Waals surface area contributed by atoms with E-state index in [1.54, 1.807) is 18.3 Å². The van der Waals surface area contributed by atoms with Crippen molar-refractivity contribution in [3.05, 3.63) is 45.5 Å². The first-order valence-electron chi connectivity index (χ1n) is 5.68. The second-order valence-electron chi connectivity index (χ2n) is 4.06. The average molecular weight is 357 g/mol. The molecule has 2 N–H and O–H groups in total. The normalized spacial score (nSPS) is 10.9. The molecule has 102 valence electrons. The molecule has 2 aromatic heterocycles. The van der Waals surface area contributed by atoms with Crippen LogP contribution in [0.25, 0.3) is 11.0 Å². The van der Waals surface area contributed by atoms with E-state index in [1.165, 1.54) is 6.07 Å². The highest BCUT2D eigenvalue weighted by atomic mass is 79.9. The summed E-state index contributed by atoms with van der Waals surface area (Å²) >= 11 is 9.14. The summed E-state index contributed by atoms with van der Waals surface area (Å²) in [6.45, 7) is 0.277. The lowest BCUT2D eigenvalue weighted by Crippen LogP contribution is -2.04. The topological polar surface area (TPSA) is 66.5 Å². The van der Waals surface area contributed by atoms with E-state index in [1.807, 2.05) is 0 Å². The van der Waals surface area contributed by atoms with E-state index in [0.717, 1.165) is 4.47 Å². The predicted octanol–water partition coefficient (Wildman–Crippen LogP) is 3.52. The highest BCUT2D eigenvalue weighted by Gasteiger charge is 2.09. The van der Waals surface area contributed by atoms with E-state index in [4.69, 9.17) is 11.6 Å². The maximum atomic E-state index is 13.7. The Balaban J connectivity index is 1.90. The Hall–Kier alpha value is -1.73. The van der Waals surface area contributed by atoms with Crippen LogP contribution in [0.3, 0.4) is 0 Å². The maximum Gasteiger partial charge on any atom is 0.226 e. The summed E-state index contributed by atoms with van der Waals surface area (Å²) < 4.78 is 14.5. The van der Waals surface area contributed by atoms with E-state index >= 15 is 0 Å². The Labute approximate surface area is 126 Å². The molecule has 0 atom stereocenters. The van der Waals surface area contributed by atoms with Crippen LogP contribution in [0.4, 0.5) is 10.2 Å². The van der Waals surface area contributed by atoms with Gasteiger partial charge < -0.3 is 5.32 Å². The maximum absolute atomic E-state index is 13.7. The van der Waals surface area contributed by atoms with Crippen molar-refractivity contribution in [2.24, 2.45) is 0 Å². The van der Waals surface area contributed by atoms with Crippen LogP contribution >= 0.6 is 27.5 Å². The molecular weight excluding hydrogens is 349 g/mol. The fourth-order valence-corrected chi connectivity index (χ4v) is 2.38. The summed E-state index contributed by atoms with van der Waals surface area (Å²) in [5.74, 6) is 0.220. The van der Waals surface area contributed by atoms with Crippen LogP contribution in [0.5, 0.6) is 0 Å². The summed E-state index contributed by atoms with van der Waals surface area (Å²) in [5.41, 5.74) is 1.05. The van der Waals surface area contributed by atoms with Crippen LogP contribution < -0.4 is 5.32 Å². The molecule has 0 unspecified atom stereocenters. The molecule has 2 heterocycles. The molecule has 0 aliphatic rings. The molecule has 3 rings (SSSR count). The standard InChI is InChI=1S/C12H8BrClFN5/c13-7-1-2-9(15)6(3-7)4-16-10-8-5-17-20-11(8)19-12(14)18-10/h1-3,5H,4H2,(H2,16,17,18,19,20). The van der Waals surface area contributed by atoms with Crippen LogP contribution in [0.1, 0.15) is 5.56 Å². The summed E-state index contributed by atoms with van der Waals surface area (Å²) in [6.07, 6.45) is 1.59. The molecule has 0 spiro atoms. The van der Waals surface area contributed by atoms with E-state index in [0.29, 0.717) is 22.4 Å². The molecule has 20 heavy (non-hydrogen) atoms. The number of aromatic amines is 1. The lowest BCUT2D eigenvalue weighted by molar-refractivity contribution is 0.612. The van der Waals surface area contributed by atoms with Gasteiger partial charge in [0, 0.05) is 16.6 Å². The highest BCUT2D eigenvalue weighted by molar-refractivity contribution is 9.10. The third-order valence-corrected chi connectivity index (χ3v) is 3.40. The molecule has 0 bridgehead atoms. The van der Waals surface area contributed by atoms with Crippen molar-refractivity contribution < 1.29 is 4.39 Å². The number of H-pyrrole nitrogens is 1. The number of aromatic nitrogens is 4. The molecule has 0 aliphatic heterocycles. The van der Waals surface area contributed by atoms with E-state index < -0.39 is 0 Å². The number of hydrogen-bond acceptors (Lipinski definition) is 4. The number of nitrogens with zero attached hydrogens (tertiary/aromatic N) is 3. The second kappa shape index (κ2) is 5.34. The van der Waals surface area contributed by atoms with Crippen molar-refractivity contribution in [2.75, 3.05) is 5.32 Å². The largest absolute Gasteiger partial charge is 0.365 e. The third kappa shape index (κ3) is 2.59. The predicted molar refractivity (Wildman–Crippen MR) is 78.1 cm³/mol. The van der Waals surface area contributed by atoms with Crippen molar-refractivity contribution >= 4 is 44.4 Å². The SMILES string of the molecule is Fc1ccc(Br)cc1CNc1nc(Cl)nc2[nH]ncc12. The highest BCUT2D eigenvalue weighted by Crippen LogP contribution is 2.22. The van der Waals surface area contributed by atoms with Crippen LogP contribution in [-0.2, 0) is 6.54 Å². The van der Waals surface area contributed by atoms with Gasteiger partial charge in [0.1, 0.15) is 11.6 Å². The van der Waals surface area contributed by atoms with Crippen LogP contribution in [0.15, 0.2) is 28.9 Å². The van der Waals surface area contributed by atoms with E-state index in [9.17, 15) is 4.39 Å². The molecule has 0 fully saturated rings. The molecule has 0 aliphatic carbocycles. The fraction of sp³-hybridized carbons (Fsp3) is 0.0833. The number of nitrogens with one attached hydrogen (secondary N) is 2. The molecule has 1 aromatic carbocycles. The number of halogens is 3. The van der Waals surface area contributed by atoms with Gasteiger partial charge in [-0.05, 0) is 29.8 Å². The Morgan fingerprint density at radius 2 is 2.20 bits per heavy atom. The molecule has 0 saturated heterocycles. The van der Waals surface area contributed by atoms with Crippen molar-refractivity contribution in [1.82, 2.24) is 20.2 Å². The monoisotopic (exact) mass is 355 g/mol. The van der Waals surface area contributed by atoms with Crippen molar-refractivity contribution in [1.29, 1.82) is 0 Å². The molecule has 0 radical (unpaired) electrons. The van der Waals surface area contributed by atoms with E-state index in [-0.39, 0.29) is 17.6 Å². The first-order valence-corrected chi connectivity index (χ1v) is 6.85. The average Bonchev–Trinajstić information content (AvgIpc) is 2.87. The number of fused-ring (bicyclic) bond motifs is 1. The lowest BCUT2D eigenvalue weighted by Gasteiger charge is -2.08. The van der Waals surface area contributed by atoms with Gasteiger partial charge in [-0.25, -0.2) is 4.39 Å². The van der Waals surface area contributed by atoms with Crippen molar-refractivity contribution in [3.63, 3.8) is 0 Å². The Morgan fingerprint density at radius 3 is 3.05 bits per heavy atom. The van der Waals surface area contributed by atoms with Gasteiger partial charge >= 0.3 is 0 Å². The number of rotatable bonds is 3. The number of hydrogen-bond donors (Lipinski definition) is 2. The minimum Gasteiger partial charge on any atom is -0.365 e. The van der Waals surface area contributed by atoms with Gasteiger partial charge in [0.2, 0.25) is 5.28 Å². The Morgan fingerprint density at radius 1 is 1.35 bits per heavy atom. The zero-order chi connectivity index (χ0) is 14.1. The molecule has 0 amide bonds. The zero-order valence-corrected chi connectivity index (χ0v) is 12.3. The minimum atomic E-state index is -0.288. The molecule has 5 nitrogen and oxygen atoms in total. The van der Waals surface area contributed by atoms with Crippen LogP contribution in [0.2, 0.25) is 5.28 Å². The molecule has 8 heteroatoms. The lowest BCUT2D eigenvalue weighted by atomic mass is 10.2. The molecule has 3 aromatic rings. The van der Waals surface area contributed by atoms with E-state index in [2.05, 4.69) is 41.4 Å². The fourth-order valence-electron chi connectivity index (χ4n) is 1.80. The van der Waals surface area contributed by atoms with Gasteiger partial charge in [-0.2, -0.15) is 15.1 Å². The van der Waals surface area contributed by atoms with Gasteiger partial charge in [-0.15, -0.1) is 0 Å². The Bertz CT molecular complexity index is 776. The molecular formula is C12H8BrClFN5. The number of anilines is 1. The summed E-state index contributed by atoms with van der Waals surface area (Å²) in [4.78, 5) is 8.09. The summed E-state index contributed by atoms with van der Waals surface area (Å²) in [7, 11) is 0. The van der Waals surface area contributed by atoms with Gasteiger partial charge in [0.25, 0.3) is 0 Å². The van der Waals surface area contributed by atoms with Crippen LogP contribution in [0, 0.1) is 5.82 Å². The zero-order valence-electron chi connectivity index (χ0n) is 9.99. The first-order chi connectivity index (χ1) is 9.63. The van der Waals surface area contributed by atoms with Crippen molar-refractivity contribution in [2.45, 2.75) is 6.54 Å². The van der Waals surface area contributed by atoms with Crippen molar-refractivity contribution in [3.8, 4) is 0 Å². The summed E-state index contributed by atoms with van der Waals surface area (Å²) in [6, 6.07) is 4.76. The molecule has 0 saturated carbocycles. The quantitative estimate of drug-likeness (QED) is 0.705. The van der Waals surface area contributed by atoms with Crippen LogP contribution in [-0.4, -0.2) is 20.2 Å². The Kier molecular flexibility index (Phi) is 3.54. The second-order valence-corrected chi connectivity index (χ2v) is 5.32. The minimum absolute atomic E-state index is 0.0963. The first kappa shape index (κ1) is 13.3.